The van der Waals surface area contributed by atoms with Gasteiger partial charge >= 0.3 is 0 Å². The van der Waals surface area contributed by atoms with Crippen molar-refractivity contribution < 1.29 is 4.79 Å². The summed E-state index contributed by atoms with van der Waals surface area (Å²) in [5, 5.41) is 1.40. The summed E-state index contributed by atoms with van der Waals surface area (Å²) in [7, 11) is 0. The third-order valence-electron chi connectivity index (χ3n) is 3.99. The minimum absolute atomic E-state index is 0.184. The molecule has 0 fully saturated rings. The third kappa shape index (κ3) is 3.90. The Labute approximate surface area is 163 Å². The number of alkyl halides is 1. The van der Waals surface area contributed by atoms with Crippen LogP contribution in [0.4, 0.5) is 0 Å². The molecule has 1 aliphatic rings. The van der Waals surface area contributed by atoms with E-state index in [0.29, 0.717) is 11.8 Å². The third-order valence-corrected chi connectivity index (χ3v) is 5.13. The minimum Gasteiger partial charge on any atom is -0.294 e. The lowest BCUT2D eigenvalue weighted by Crippen LogP contribution is -2.02. The number of allylic oxidation sites excluding steroid dienone is 3. The Morgan fingerprint density at radius 1 is 1.12 bits per heavy atom. The van der Waals surface area contributed by atoms with E-state index in [1.807, 2.05) is 42.5 Å². The van der Waals surface area contributed by atoms with Crippen LogP contribution in [0.15, 0.2) is 58.6 Å². The van der Waals surface area contributed by atoms with Crippen molar-refractivity contribution in [2.24, 2.45) is 0 Å². The summed E-state index contributed by atoms with van der Waals surface area (Å²) in [5.41, 5.74) is 5.24. The average molecular weight is 467 g/mol. The number of hydrogen-bond donors (Lipinski definition) is 0. The van der Waals surface area contributed by atoms with Crippen LogP contribution in [0.2, 0.25) is 5.02 Å². The molecule has 0 N–H and O–H groups in total. The molecule has 0 atom stereocenters. The molecule has 2 aromatic carbocycles. The van der Waals surface area contributed by atoms with Crippen molar-refractivity contribution in [1.29, 1.82) is 0 Å². The second-order valence-corrected chi connectivity index (χ2v) is 7.77. The predicted octanol–water partition coefficient (Wildman–Crippen LogP) is 6.48. The lowest BCUT2D eigenvalue weighted by Gasteiger charge is -2.05. The number of carbonyl (C=O) groups is 1. The highest BCUT2D eigenvalue weighted by Gasteiger charge is 2.24. The number of Topliss-reactive ketones (excluding diaryl/α,β-unsaturated/α-hetero) is 1. The van der Waals surface area contributed by atoms with Gasteiger partial charge in [-0.2, -0.15) is 0 Å². The maximum Gasteiger partial charge on any atom is 0.164 e. The summed E-state index contributed by atoms with van der Waals surface area (Å²) in [6, 6.07) is 13.8. The van der Waals surface area contributed by atoms with Crippen molar-refractivity contribution in [3.63, 3.8) is 0 Å². The molecule has 0 heterocycles. The van der Waals surface area contributed by atoms with Crippen LogP contribution < -0.4 is 0 Å². The van der Waals surface area contributed by atoms with Gasteiger partial charge in [-0.1, -0.05) is 73.8 Å². The number of halogens is 3. The van der Waals surface area contributed by atoms with Gasteiger partial charge in [0.05, 0.1) is 0 Å². The standard InChI is InChI=1S/C20H15Br2ClO/c21-10-9-19(24)20-14(4-1-13-2-6-17(23)7-3-13)11-15-12-16(22)5-8-18(15)20/h1-8,12H,9-11H2/b4-1+. The van der Waals surface area contributed by atoms with Crippen LogP contribution in [0.1, 0.15) is 23.1 Å². The molecule has 122 valence electrons. The van der Waals surface area contributed by atoms with E-state index in [1.54, 1.807) is 0 Å². The highest BCUT2D eigenvalue weighted by molar-refractivity contribution is 9.10. The smallest absolute Gasteiger partial charge is 0.164 e. The van der Waals surface area contributed by atoms with Gasteiger partial charge in [0, 0.05) is 26.8 Å². The van der Waals surface area contributed by atoms with Gasteiger partial charge in [0.25, 0.3) is 0 Å². The Kier molecular flexibility index (Phi) is 5.75. The van der Waals surface area contributed by atoms with E-state index in [-0.39, 0.29) is 5.78 Å². The van der Waals surface area contributed by atoms with Crippen LogP contribution in [-0.4, -0.2) is 11.1 Å². The number of benzene rings is 2. The first-order valence-corrected chi connectivity index (χ1v) is 9.92. The summed E-state index contributed by atoms with van der Waals surface area (Å²) >= 11 is 12.8. The van der Waals surface area contributed by atoms with Crippen molar-refractivity contribution in [3.8, 4) is 0 Å². The Morgan fingerprint density at radius 3 is 2.58 bits per heavy atom. The van der Waals surface area contributed by atoms with Gasteiger partial charge in [0.2, 0.25) is 0 Å². The van der Waals surface area contributed by atoms with Crippen LogP contribution in [0, 0.1) is 0 Å². The molecule has 2 aromatic rings. The number of ketones is 1. The quantitative estimate of drug-likeness (QED) is 0.461. The molecule has 0 amide bonds. The van der Waals surface area contributed by atoms with E-state index in [1.165, 1.54) is 5.56 Å². The number of carbonyl (C=O) groups excluding carboxylic acids is 1. The monoisotopic (exact) mass is 464 g/mol. The Hall–Kier alpha value is -1.16. The van der Waals surface area contributed by atoms with Crippen molar-refractivity contribution >= 4 is 60.9 Å². The molecule has 0 spiro atoms. The minimum atomic E-state index is 0.184. The zero-order chi connectivity index (χ0) is 17.1. The predicted molar refractivity (Wildman–Crippen MR) is 109 cm³/mol. The van der Waals surface area contributed by atoms with Crippen LogP contribution >= 0.6 is 43.5 Å². The van der Waals surface area contributed by atoms with Gasteiger partial charge < -0.3 is 0 Å². The maximum atomic E-state index is 12.6. The molecule has 0 bridgehead atoms. The normalized spacial score (nSPS) is 13.6. The summed E-state index contributed by atoms with van der Waals surface area (Å²) < 4.78 is 1.04. The van der Waals surface area contributed by atoms with Gasteiger partial charge in [0.15, 0.2) is 5.78 Å². The van der Waals surface area contributed by atoms with E-state index in [2.05, 4.69) is 44.0 Å². The summed E-state index contributed by atoms with van der Waals surface area (Å²) in [6.07, 6.45) is 5.37. The molecule has 0 unspecified atom stereocenters. The first kappa shape index (κ1) is 17.7. The Morgan fingerprint density at radius 2 is 1.88 bits per heavy atom. The molecule has 0 aromatic heterocycles. The SMILES string of the molecule is O=C(CCBr)C1=C(/C=C/c2ccc(Cl)cc2)Cc2cc(Br)ccc21. The van der Waals surface area contributed by atoms with E-state index in [4.69, 9.17) is 11.6 Å². The van der Waals surface area contributed by atoms with Gasteiger partial charge in [-0.15, -0.1) is 0 Å². The van der Waals surface area contributed by atoms with Gasteiger partial charge in [-0.25, -0.2) is 0 Å². The van der Waals surface area contributed by atoms with Crippen LogP contribution in [0.5, 0.6) is 0 Å². The van der Waals surface area contributed by atoms with Crippen molar-refractivity contribution in [3.05, 3.63) is 80.3 Å². The zero-order valence-corrected chi connectivity index (χ0v) is 16.8. The zero-order valence-electron chi connectivity index (χ0n) is 12.9. The molecule has 24 heavy (non-hydrogen) atoms. The maximum absolute atomic E-state index is 12.6. The van der Waals surface area contributed by atoms with E-state index < -0.39 is 0 Å². The van der Waals surface area contributed by atoms with Crippen LogP contribution in [0.25, 0.3) is 11.6 Å². The van der Waals surface area contributed by atoms with Gasteiger partial charge in [-0.05, 0) is 52.9 Å². The van der Waals surface area contributed by atoms with Gasteiger partial charge in [0.1, 0.15) is 0 Å². The van der Waals surface area contributed by atoms with Crippen LogP contribution in [0.3, 0.4) is 0 Å². The van der Waals surface area contributed by atoms with E-state index >= 15 is 0 Å². The summed E-state index contributed by atoms with van der Waals surface area (Å²) in [4.78, 5) is 12.6. The fourth-order valence-corrected chi connectivity index (χ4v) is 3.77. The van der Waals surface area contributed by atoms with E-state index in [9.17, 15) is 4.79 Å². The second kappa shape index (κ2) is 7.81. The fourth-order valence-electron chi connectivity index (χ4n) is 2.87. The fraction of sp³-hybridized carbons (Fsp3) is 0.150. The molecule has 0 radical (unpaired) electrons. The van der Waals surface area contributed by atoms with E-state index in [0.717, 1.165) is 38.2 Å². The molecule has 4 heteroatoms. The molecule has 3 rings (SSSR count). The summed E-state index contributed by atoms with van der Waals surface area (Å²) in [6.45, 7) is 0. The average Bonchev–Trinajstić information content (AvgIpc) is 2.92. The molecule has 0 saturated carbocycles. The lowest BCUT2D eigenvalue weighted by molar-refractivity contribution is -0.113. The Bertz CT molecular complexity index is 835. The second-order valence-electron chi connectivity index (χ2n) is 5.63. The van der Waals surface area contributed by atoms with Crippen molar-refractivity contribution in [2.75, 3.05) is 5.33 Å². The first-order valence-electron chi connectivity index (χ1n) is 7.63. The molecule has 0 saturated heterocycles. The molecule has 0 aliphatic heterocycles. The highest BCUT2D eigenvalue weighted by Crippen LogP contribution is 2.36. The number of hydrogen-bond acceptors (Lipinski definition) is 1. The number of rotatable bonds is 5. The van der Waals surface area contributed by atoms with Crippen molar-refractivity contribution in [2.45, 2.75) is 12.8 Å². The first-order chi connectivity index (χ1) is 11.6. The van der Waals surface area contributed by atoms with Crippen LogP contribution in [-0.2, 0) is 11.2 Å². The molecular weight excluding hydrogens is 451 g/mol. The molecular formula is C20H15Br2ClO. The molecule has 1 aliphatic carbocycles. The molecule has 1 nitrogen and oxygen atoms in total. The highest BCUT2D eigenvalue weighted by atomic mass is 79.9. The lowest BCUT2D eigenvalue weighted by atomic mass is 9.99. The largest absolute Gasteiger partial charge is 0.294 e. The van der Waals surface area contributed by atoms with Crippen molar-refractivity contribution in [1.82, 2.24) is 0 Å². The number of fused-ring (bicyclic) bond motifs is 1. The van der Waals surface area contributed by atoms with Gasteiger partial charge in [-0.3, -0.25) is 4.79 Å². The summed E-state index contributed by atoms with van der Waals surface area (Å²) in [5.74, 6) is 0.184. The Balaban J connectivity index is 1.97. The topological polar surface area (TPSA) is 17.1 Å².